The number of amides is 2. The molecule has 0 aromatic heterocycles. The second-order valence-corrected chi connectivity index (χ2v) is 5.69. The Bertz CT molecular complexity index is 698. The Morgan fingerprint density at radius 3 is 1.93 bits per heavy atom. The van der Waals surface area contributed by atoms with Crippen LogP contribution in [0.25, 0.3) is 0 Å². The van der Waals surface area contributed by atoms with Gasteiger partial charge in [-0.05, 0) is 24.3 Å². The molecule has 6 heteroatoms. The number of β-lactam (4-membered cyclic amide) rings is 1. The number of nitrogens with zero attached hydrogens (tertiary/aromatic N) is 1. The third kappa shape index (κ3) is 8.09. The predicted octanol–water partition coefficient (Wildman–Crippen LogP) is 4.43. The molecule has 0 radical (unpaired) electrons. The highest BCUT2D eigenvalue weighted by molar-refractivity contribution is 6.01. The number of nitrogens with one attached hydrogen (secondary N) is 1. The van der Waals surface area contributed by atoms with Crippen molar-refractivity contribution in [1.82, 2.24) is 5.32 Å². The van der Waals surface area contributed by atoms with Gasteiger partial charge in [-0.2, -0.15) is 0 Å². The van der Waals surface area contributed by atoms with Gasteiger partial charge in [0, 0.05) is 5.69 Å². The van der Waals surface area contributed by atoms with Crippen molar-refractivity contribution in [1.29, 1.82) is 0 Å². The summed E-state index contributed by atoms with van der Waals surface area (Å²) in [7, 11) is 1.62. The summed E-state index contributed by atoms with van der Waals surface area (Å²) in [6.07, 6.45) is 2.07. The van der Waals surface area contributed by atoms with Gasteiger partial charge in [-0.25, -0.2) is 4.79 Å². The first-order valence-corrected chi connectivity index (χ1v) is 9.65. The molecule has 0 saturated carbocycles. The average molecular weight is 399 g/mol. The maximum atomic E-state index is 11.4. The SMILES string of the molecule is C=C[C@@H]1CC(=O)N1c1ccc(OC)cc1.CC.O=C1NCCO1.c1ccccc1. The molecule has 1 N–H and O–H groups in total. The molecule has 4 rings (SSSR count). The quantitative estimate of drug-likeness (QED) is 0.614. The molecule has 29 heavy (non-hydrogen) atoms. The lowest BCUT2D eigenvalue weighted by atomic mass is 10.0. The van der Waals surface area contributed by atoms with E-state index in [2.05, 4.69) is 16.6 Å². The number of hydrogen-bond acceptors (Lipinski definition) is 4. The van der Waals surface area contributed by atoms with E-state index in [-0.39, 0.29) is 18.0 Å². The van der Waals surface area contributed by atoms with Crippen molar-refractivity contribution >= 4 is 17.7 Å². The zero-order chi connectivity index (χ0) is 21.5. The molecular weight excluding hydrogens is 368 g/mol. The topological polar surface area (TPSA) is 67.9 Å². The van der Waals surface area contributed by atoms with Crippen LogP contribution in [0.4, 0.5) is 10.5 Å². The van der Waals surface area contributed by atoms with Crippen LogP contribution in [0.15, 0.2) is 73.3 Å². The first kappa shape index (κ1) is 23.8. The first-order valence-electron chi connectivity index (χ1n) is 9.65. The highest BCUT2D eigenvalue weighted by atomic mass is 16.6. The van der Waals surface area contributed by atoms with Crippen LogP contribution in [-0.4, -0.2) is 38.3 Å². The molecule has 0 aliphatic carbocycles. The van der Waals surface area contributed by atoms with Gasteiger partial charge in [-0.15, -0.1) is 6.58 Å². The number of carbonyl (C=O) groups is 2. The number of benzene rings is 2. The van der Waals surface area contributed by atoms with Gasteiger partial charge < -0.3 is 19.7 Å². The smallest absolute Gasteiger partial charge is 0.407 e. The van der Waals surface area contributed by atoms with Crippen molar-refractivity contribution in [3.63, 3.8) is 0 Å². The molecule has 0 bridgehead atoms. The first-order chi connectivity index (χ1) is 14.2. The molecule has 1 atom stereocenters. The Kier molecular flexibility index (Phi) is 11.3. The number of hydrogen-bond donors (Lipinski definition) is 1. The summed E-state index contributed by atoms with van der Waals surface area (Å²) >= 11 is 0. The number of cyclic esters (lactones) is 1. The van der Waals surface area contributed by atoms with Crippen LogP contribution in [0.1, 0.15) is 20.3 Å². The Hall–Kier alpha value is -3.28. The average Bonchev–Trinajstić information content (AvgIpc) is 3.27. The summed E-state index contributed by atoms with van der Waals surface area (Å²) in [5.41, 5.74) is 0.900. The van der Waals surface area contributed by atoms with Crippen molar-refractivity contribution in [2.45, 2.75) is 26.3 Å². The zero-order valence-corrected chi connectivity index (χ0v) is 17.3. The van der Waals surface area contributed by atoms with E-state index in [1.54, 1.807) is 18.1 Å². The summed E-state index contributed by atoms with van der Waals surface area (Å²) in [6.45, 7) is 8.90. The monoisotopic (exact) mass is 398 g/mol. The Labute approximate surface area is 173 Å². The summed E-state index contributed by atoms with van der Waals surface area (Å²) in [5.74, 6) is 0.937. The fourth-order valence-corrected chi connectivity index (χ4v) is 2.44. The van der Waals surface area contributed by atoms with Gasteiger partial charge in [0.2, 0.25) is 5.91 Å². The van der Waals surface area contributed by atoms with Gasteiger partial charge in [-0.3, -0.25) is 4.79 Å². The summed E-state index contributed by atoms with van der Waals surface area (Å²) in [5, 5.41) is 2.46. The van der Waals surface area contributed by atoms with E-state index in [0.29, 0.717) is 19.6 Å². The molecule has 156 valence electrons. The van der Waals surface area contributed by atoms with Gasteiger partial charge in [0.05, 0.1) is 26.1 Å². The van der Waals surface area contributed by atoms with E-state index >= 15 is 0 Å². The van der Waals surface area contributed by atoms with E-state index in [4.69, 9.17) is 4.74 Å². The number of alkyl carbamates (subject to hydrolysis) is 1. The van der Waals surface area contributed by atoms with Crippen molar-refractivity contribution in [3.05, 3.63) is 73.3 Å². The minimum atomic E-state index is -0.296. The van der Waals surface area contributed by atoms with Gasteiger partial charge in [0.15, 0.2) is 0 Å². The van der Waals surface area contributed by atoms with Gasteiger partial charge in [-0.1, -0.05) is 56.3 Å². The fourth-order valence-electron chi connectivity index (χ4n) is 2.44. The van der Waals surface area contributed by atoms with Crippen LogP contribution in [0.5, 0.6) is 5.75 Å². The lowest BCUT2D eigenvalue weighted by molar-refractivity contribution is -0.123. The molecule has 2 heterocycles. The van der Waals surface area contributed by atoms with Crippen LogP contribution < -0.4 is 15.0 Å². The van der Waals surface area contributed by atoms with Gasteiger partial charge in [0.25, 0.3) is 0 Å². The lowest BCUT2D eigenvalue weighted by Crippen LogP contribution is -2.51. The minimum Gasteiger partial charge on any atom is -0.497 e. The maximum absolute atomic E-state index is 11.4. The van der Waals surface area contributed by atoms with Crippen LogP contribution >= 0.6 is 0 Å². The molecule has 2 aromatic carbocycles. The summed E-state index contributed by atoms with van der Waals surface area (Å²) in [6, 6.07) is 19.6. The van der Waals surface area contributed by atoms with Crippen molar-refractivity contribution < 1.29 is 19.1 Å². The summed E-state index contributed by atoms with van der Waals surface area (Å²) < 4.78 is 9.46. The molecule has 2 fully saturated rings. The van der Waals surface area contributed by atoms with Crippen molar-refractivity contribution in [2.75, 3.05) is 25.2 Å². The number of anilines is 1. The normalized spacial score (nSPS) is 16.1. The second kappa shape index (κ2) is 13.8. The number of methoxy groups -OCH3 is 1. The van der Waals surface area contributed by atoms with Crippen molar-refractivity contribution in [3.8, 4) is 5.75 Å². The molecule has 2 aromatic rings. The third-order valence-corrected chi connectivity index (χ3v) is 3.88. The van der Waals surface area contributed by atoms with E-state index < -0.39 is 0 Å². The number of carbonyl (C=O) groups excluding carboxylic acids is 2. The molecule has 2 aliphatic heterocycles. The molecule has 6 nitrogen and oxygen atoms in total. The molecular formula is C23H30N2O4. The van der Waals surface area contributed by atoms with Crippen molar-refractivity contribution in [2.24, 2.45) is 0 Å². The minimum absolute atomic E-state index is 0.144. The zero-order valence-electron chi connectivity index (χ0n) is 17.3. The lowest BCUT2D eigenvalue weighted by Gasteiger charge is -2.38. The summed E-state index contributed by atoms with van der Waals surface area (Å²) in [4.78, 5) is 23.1. The molecule has 0 spiro atoms. The van der Waals surface area contributed by atoms with E-state index in [1.165, 1.54) is 0 Å². The van der Waals surface area contributed by atoms with E-state index in [0.717, 1.165) is 11.4 Å². The fraction of sp³-hybridized carbons (Fsp3) is 0.304. The van der Waals surface area contributed by atoms with Crippen LogP contribution in [0.3, 0.4) is 0 Å². The number of rotatable bonds is 3. The largest absolute Gasteiger partial charge is 0.497 e. The van der Waals surface area contributed by atoms with E-state index in [9.17, 15) is 9.59 Å². The van der Waals surface area contributed by atoms with Crippen LogP contribution in [0.2, 0.25) is 0 Å². The van der Waals surface area contributed by atoms with Gasteiger partial charge >= 0.3 is 6.09 Å². The number of ether oxygens (including phenoxy) is 2. The molecule has 2 aliphatic rings. The van der Waals surface area contributed by atoms with Gasteiger partial charge in [0.1, 0.15) is 12.4 Å². The highest BCUT2D eigenvalue weighted by Gasteiger charge is 2.34. The molecule has 2 saturated heterocycles. The standard InChI is InChI=1S/C12H13NO2.C6H6.C3H5NO2.C2H6/c1-3-9-8-12(14)13(9)10-4-6-11(15-2)7-5-10;1-2-4-6-5-3-1;5-3-4-1-2-6-3;1-2/h3-7,9H,1,8H2,2H3;1-6H;1-2H2,(H,4,5);1-2H3/t9-;;;/m1.../s1. The molecule has 2 amide bonds. The maximum Gasteiger partial charge on any atom is 0.407 e. The van der Waals surface area contributed by atoms with Crippen LogP contribution in [-0.2, 0) is 9.53 Å². The molecule has 0 unspecified atom stereocenters. The Morgan fingerprint density at radius 2 is 1.62 bits per heavy atom. The predicted molar refractivity (Wildman–Crippen MR) is 116 cm³/mol. The second-order valence-electron chi connectivity index (χ2n) is 5.69. The van der Waals surface area contributed by atoms with Crippen LogP contribution in [0, 0.1) is 0 Å². The third-order valence-electron chi connectivity index (χ3n) is 3.88. The Morgan fingerprint density at radius 1 is 1.07 bits per heavy atom. The van der Waals surface area contributed by atoms with E-state index in [1.807, 2.05) is 74.5 Å². The Balaban J connectivity index is 0.000000247. The highest BCUT2D eigenvalue weighted by Crippen LogP contribution is 2.29.